The Morgan fingerprint density at radius 3 is 2.85 bits per heavy atom. The summed E-state index contributed by atoms with van der Waals surface area (Å²) in [4.78, 5) is 26.4. The van der Waals surface area contributed by atoms with Gasteiger partial charge in [-0.1, -0.05) is 18.2 Å². The first kappa shape index (κ1) is 16.7. The molecule has 1 amide bonds. The number of rotatable bonds is 2. The van der Waals surface area contributed by atoms with Crippen LogP contribution in [0.25, 0.3) is 0 Å². The molecule has 0 bridgehead atoms. The number of H-pyrrole nitrogens is 1. The SMILES string of the molecule is Cc1[nH]nc2c1[C@@]1(C(=O)N([C@@H](C)C(=O)[O-])c3ccccc31)C(C#N)=C(N)O2. The number of aryl methyl sites for hydroxylation is 1. The zero-order valence-corrected chi connectivity index (χ0v) is 14.4. The summed E-state index contributed by atoms with van der Waals surface area (Å²) in [5.41, 5.74) is 5.88. The number of carbonyl (C=O) groups excluding carboxylic acids is 2. The van der Waals surface area contributed by atoms with Crippen molar-refractivity contribution in [1.29, 1.82) is 5.26 Å². The van der Waals surface area contributed by atoms with Crippen molar-refractivity contribution in [2.24, 2.45) is 5.73 Å². The maximum absolute atomic E-state index is 13.7. The van der Waals surface area contributed by atoms with E-state index in [4.69, 9.17) is 10.5 Å². The lowest BCUT2D eigenvalue weighted by molar-refractivity contribution is -0.307. The van der Waals surface area contributed by atoms with Gasteiger partial charge in [0.2, 0.25) is 17.7 Å². The Labute approximate surface area is 153 Å². The minimum atomic E-state index is -1.64. The van der Waals surface area contributed by atoms with Gasteiger partial charge in [0.05, 0.1) is 17.6 Å². The molecule has 0 unspecified atom stereocenters. The molecular formula is C18H14N5O4-. The van der Waals surface area contributed by atoms with E-state index >= 15 is 0 Å². The van der Waals surface area contributed by atoms with Crippen LogP contribution in [0.2, 0.25) is 0 Å². The average molecular weight is 364 g/mol. The normalized spacial score (nSPS) is 21.5. The molecule has 0 saturated carbocycles. The Kier molecular flexibility index (Phi) is 3.30. The number of fused-ring (bicyclic) bond motifs is 4. The van der Waals surface area contributed by atoms with E-state index < -0.39 is 23.3 Å². The van der Waals surface area contributed by atoms with Crippen molar-refractivity contribution in [3.05, 3.63) is 52.5 Å². The lowest BCUT2D eigenvalue weighted by Crippen LogP contribution is -2.53. The number of nitrogens with zero attached hydrogens (tertiary/aromatic N) is 3. The molecule has 2 atom stereocenters. The van der Waals surface area contributed by atoms with Crippen molar-refractivity contribution in [3.63, 3.8) is 0 Å². The predicted molar refractivity (Wildman–Crippen MR) is 90.0 cm³/mol. The molecule has 0 aliphatic carbocycles. The minimum Gasteiger partial charge on any atom is -0.548 e. The molecule has 0 saturated heterocycles. The molecule has 9 heteroatoms. The molecule has 27 heavy (non-hydrogen) atoms. The Bertz CT molecular complexity index is 1080. The molecule has 0 fully saturated rings. The number of hydrogen-bond acceptors (Lipinski definition) is 7. The summed E-state index contributed by atoms with van der Waals surface area (Å²) in [7, 11) is 0. The van der Waals surface area contributed by atoms with Gasteiger partial charge in [-0.25, -0.2) is 0 Å². The van der Waals surface area contributed by atoms with E-state index in [2.05, 4.69) is 10.2 Å². The molecule has 1 aromatic heterocycles. The van der Waals surface area contributed by atoms with Gasteiger partial charge in [0.15, 0.2) is 0 Å². The summed E-state index contributed by atoms with van der Waals surface area (Å²) in [5, 5.41) is 28.1. The zero-order valence-electron chi connectivity index (χ0n) is 14.4. The number of nitrogens with one attached hydrogen (secondary N) is 1. The minimum absolute atomic E-state index is 0.0788. The van der Waals surface area contributed by atoms with Crippen molar-refractivity contribution >= 4 is 17.6 Å². The molecule has 1 aromatic carbocycles. The fourth-order valence-electron chi connectivity index (χ4n) is 3.91. The molecule has 1 spiro atoms. The number of nitrogens with two attached hydrogens (primary N) is 1. The Hall–Kier alpha value is -3.80. The highest BCUT2D eigenvalue weighted by atomic mass is 16.5. The third-order valence-corrected chi connectivity index (χ3v) is 5.06. The van der Waals surface area contributed by atoms with Gasteiger partial charge in [0.1, 0.15) is 17.1 Å². The number of para-hydroxylation sites is 1. The summed E-state index contributed by atoms with van der Waals surface area (Å²) in [6.07, 6.45) is 0. The first-order chi connectivity index (χ1) is 12.9. The Morgan fingerprint density at radius 2 is 2.19 bits per heavy atom. The third kappa shape index (κ3) is 1.84. The third-order valence-electron chi connectivity index (χ3n) is 5.06. The van der Waals surface area contributed by atoms with Crippen molar-refractivity contribution in [2.45, 2.75) is 25.3 Å². The van der Waals surface area contributed by atoms with Crippen LogP contribution in [0.4, 0.5) is 5.69 Å². The number of aliphatic carboxylic acids is 1. The molecule has 2 aromatic rings. The summed E-state index contributed by atoms with van der Waals surface area (Å²) >= 11 is 0. The van der Waals surface area contributed by atoms with E-state index in [0.717, 1.165) is 4.90 Å². The summed E-state index contributed by atoms with van der Waals surface area (Å²) in [6, 6.07) is 7.41. The molecule has 4 rings (SSSR count). The lowest BCUT2D eigenvalue weighted by Gasteiger charge is -2.33. The fourth-order valence-corrected chi connectivity index (χ4v) is 3.91. The molecule has 3 heterocycles. The van der Waals surface area contributed by atoms with Crippen LogP contribution in [0.1, 0.15) is 23.7 Å². The van der Waals surface area contributed by atoms with Gasteiger partial charge < -0.3 is 25.3 Å². The second kappa shape index (κ2) is 5.35. The van der Waals surface area contributed by atoms with Gasteiger partial charge in [0, 0.05) is 16.9 Å². The highest BCUT2D eigenvalue weighted by Gasteiger charge is 2.61. The standard InChI is InChI=1S/C18H15N5O4/c1-8-13-15(22-21-8)27-14(20)11(7-19)18(13)10-5-3-4-6-12(10)23(17(18)26)9(2)16(24)25/h3-6,9H,20H2,1-2H3,(H,21,22)(H,24,25)/p-1/t9-,18-/m0/s1. The highest BCUT2D eigenvalue weighted by molar-refractivity contribution is 6.16. The van der Waals surface area contributed by atoms with Crippen LogP contribution in [0.15, 0.2) is 35.7 Å². The van der Waals surface area contributed by atoms with Crippen LogP contribution in [0.5, 0.6) is 5.88 Å². The summed E-state index contributed by atoms with van der Waals surface area (Å²) < 4.78 is 5.44. The number of amides is 1. The maximum atomic E-state index is 13.7. The van der Waals surface area contributed by atoms with Gasteiger partial charge >= 0.3 is 0 Å². The molecular weight excluding hydrogens is 350 g/mol. The number of carboxylic acids is 1. The quantitative estimate of drug-likeness (QED) is 0.735. The maximum Gasteiger partial charge on any atom is 0.248 e. The van der Waals surface area contributed by atoms with Crippen LogP contribution in [0, 0.1) is 18.3 Å². The smallest absolute Gasteiger partial charge is 0.248 e. The average Bonchev–Trinajstić information content (AvgIpc) is 3.12. The van der Waals surface area contributed by atoms with E-state index in [0.29, 0.717) is 22.5 Å². The number of benzene rings is 1. The summed E-state index contributed by atoms with van der Waals surface area (Å²) in [6.45, 7) is 3.04. The Balaban J connectivity index is 2.14. The van der Waals surface area contributed by atoms with Crippen molar-refractivity contribution in [3.8, 4) is 11.9 Å². The van der Waals surface area contributed by atoms with Crippen LogP contribution < -0.4 is 20.5 Å². The van der Waals surface area contributed by atoms with Gasteiger partial charge in [0.25, 0.3) is 0 Å². The fraction of sp³-hybridized carbons (Fsp3) is 0.222. The highest BCUT2D eigenvalue weighted by Crippen LogP contribution is 2.55. The van der Waals surface area contributed by atoms with Gasteiger partial charge in [-0.05, 0) is 19.9 Å². The molecule has 136 valence electrons. The second-order valence-electron chi connectivity index (χ2n) is 6.42. The van der Waals surface area contributed by atoms with Crippen LogP contribution in [-0.2, 0) is 15.0 Å². The number of carbonyl (C=O) groups is 2. The monoisotopic (exact) mass is 364 g/mol. The number of hydrogen-bond donors (Lipinski definition) is 2. The van der Waals surface area contributed by atoms with E-state index in [1.807, 2.05) is 6.07 Å². The topological polar surface area (TPSA) is 148 Å². The second-order valence-corrected chi connectivity index (χ2v) is 6.42. The van der Waals surface area contributed by atoms with Crippen LogP contribution in [-0.4, -0.2) is 28.1 Å². The van der Waals surface area contributed by atoms with E-state index in [9.17, 15) is 20.0 Å². The Morgan fingerprint density at radius 1 is 1.48 bits per heavy atom. The predicted octanol–water partition coefficient (Wildman–Crippen LogP) is -0.425. The number of nitriles is 1. The number of carboxylic acid groups (broad SMARTS) is 1. The van der Waals surface area contributed by atoms with Gasteiger partial charge in [-0.15, -0.1) is 5.10 Å². The van der Waals surface area contributed by atoms with Crippen molar-refractivity contribution in [2.75, 3.05) is 4.90 Å². The van der Waals surface area contributed by atoms with Crippen LogP contribution >= 0.6 is 0 Å². The number of aromatic nitrogens is 2. The lowest BCUT2D eigenvalue weighted by atomic mass is 9.69. The first-order valence-corrected chi connectivity index (χ1v) is 8.13. The number of anilines is 1. The van der Waals surface area contributed by atoms with Crippen molar-refractivity contribution in [1.82, 2.24) is 10.2 Å². The molecule has 2 aliphatic rings. The number of aromatic amines is 1. The molecule has 2 aliphatic heterocycles. The molecule has 0 radical (unpaired) electrons. The van der Waals surface area contributed by atoms with Crippen molar-refractivity contribution < 1.29 is 19.4 Å². The van der Waals surface area contributed by atoms with Gasteiger partial charge in [-0.3, -0.25) is 9.89 Å². The molecule has 9 nitrogen and oxygen atoms in total. The largest absolute Gasteiger partial charge is 0.548 e. The summed E-state index contributed by atoms with van der Waals surface area (Å²) in [5.74, 6) is -2.20. The first-order valence-electron chi connectivity index (χ1n) is 8.13. The van der Waals surface area contributed by atoms with Gasteiger partial charge in [-0.2, -0.15) is 5.26 Å². The zero-order chi connectivity index (χ0) is 19.5. The van der Waals surface area contributed by atoms with Crippen LogP contribution in [0.3, 0.4) is 0 Å². The van der Waals surface area contributed by atoms with E-state index in [1.165, 1.54) is 6.92 Å². The van der Waals surface area contributed by atoms with E-state index in [1.54, 1.807) is 31.2 Å². The molecule has 3 N–H and O–H groups in total. The number of ether oxygens (including phenoxy) is 1. The van der Waals surface area contributed by atoms with E-state index in [-0.39, 0.29) is 17.3 Å².